The number of halogens is 1. The molecule has 0 spiro atoms. The molecule has 4 aromatic rings. The monoisotopic (exact) mass is 454 g/mol. The van der Waals surface area contributed by atoms with Crippen molar-refractivity contribution in [1.82, 2.24) is 15.0 Å². The van der Waals surface area contributed by atoms with Gasteiger partial charge in [0.15, 0.2) is 12.1 Å². The number of fused-ring (bicyclic) bond motifs is 1. The zero-order valence-electron chi connectivity index (χ0n) is 18.7. The molecule has 2 aromatic heterocycles. The fourth-order valence-corrected chi connectivity index (χ4v) is 4.42. The lowest BCUT2D eigenvalue weighted by Crippen LogP contribution is -2.30. The molecule has 0 aliphatic carbocycles. The minimum atomic E-state index is -0.276. The summed E-state index contributed by atoms with van der Waals surface area (Å²) in [6.07, 6.45) is 4.59. The summed E-state index contributed by atoms with van der Waals surface area (Å²) in [4.78, 5) is 16.7. The first-order chi connectivity index (χ1) is 16.7. The molecule has 2 aliphatic rings. The molecule has 34 heavy (non-hydrogen) atoms. The summed E-state index contributed by atoms with van der Waals surface area (Å²) in [5.74, 6) is 0.509. The van der Waals surface area contributed by atoms with Gasteiger partial charge in [0, 0.05) is 32.0 Å². The maximum Gasteiger partial charge on any atom is 0.188 e. The van der Waals surface area contributed by atoms with Gasteiger partial charge < -0.3 is 14.4 Å². The number of pyridine rings is 1. The Kier molecular flexibility index (Phi) is 5.28. The molecular weight excluding hydrogens is 431 g/mol. The third-order valence-electron chi connectivity index (χ3n) is 6.30. The Hall–Kier alpha value is -3.68. The van der Waals surface area contributed by atoms with Gasteiger partial charge in [-0.25, -0.2) is 14.4 Å². The van der Waals surface area contributed by atoms with Crippen molar-refractivity contribution >= 4 is 22.4 Å². The molecule has 0 radical (unpaired) electrons. The summed E-state index contributed by atoms with van der Waals surface area (Å²) in [5, 5.41) is 0. The van der Waals surface area contributed by atoms with Crippen molar-refractivity contribution < 1.29 is 13.9 Å². The van der Waals surface area contributed by atoms with E-state index in [9.17, 15) is 4.39 Å². The molecule has 170 valence electrons. The average molecular weight is 455 g/mol. The van der Waals surface area contributed by atoms with E-state index >= 15 is 0 Å². The van der Waals surface area contributed by atoms with E-state index in [1.165, 1.54) is 17.7 Å². The summed E-state index contributed by atoms with van der Waals surface area (Å²) >= 11 is 0. The molecule has 0 amide bonds. The predicted molar refractivity (Wildman–Crippen MR) is 129 cm³/mol. The number of anilines is 1. The van der Waals surface area contributed by atoms with Crippen molar-refractivity contribution in [1.29, 1.82) is 0 Å². The highest BCUT2D eigenvalue weighted by Crippen LogP contribution is 2.40. The molecule has 0 saturated carbocycles. The van der Waals surface area contributed by atoms with Gasteiger partial charge in [0.25, 0.3) is 0 Å². The quantitative estimate of drug-likeness (QED) is 0.388. The van der Waals surface area contributed by atoms with E-state index in [1.807, 2.05) is 42.6 Å². The number of hydrogen-bond donors (Lipinski definition) is 0. The maximum atomic E-state index is 13.6. The number of methoxy groups -OCH3 is 1. The molecule has 2 aliphatic heterocycles. The summed E-state index contributed by atoms with van der Waals surface area (Å²) < 4.78 is 24.5. The van der Waals surface area contributed by atoms with Gasteiger partial charge in [-0.05, 0) is 66.1 Å². The largest absolute Gasteiger partial charge is 0.353 e. The molecule has 1 fully saturated rings. The van der Waals surface area contributed by atoms with Crippen LogP contribution in [-0.2, 0) is 9.47 Å². The lowest BCUT2D eigenvalue weighted by atomic mass is 10.0. The number of aromatic nitrogens is 3. The molecular formula is C27H23FN4O2. The van der Waals surface area contributed by atoms with Crippen molar-refractivity contribution in [3.8, 4) is 11.3 Å². The van der Waals surface area contributed by atoms with Crippen LogP contribution in [0.1, 0.15) is 23.8 Å². The molecule has 7 heteroatoms. The normalized spacial score (nSPS) is 19.8. The van der Waals surface area contributed by atoms with Crippen LogP contribution < -0.4 is 4.90 Å². The minimum Gasteiger partial charge on any atom is -0.353 e. The van der Waals surface area contributed by atoms with E-state index in [4.69, 9.17) is 19.4 Å². The second kappa shape index (κ2) is 8.59. The van der Waals surface area contributed by atoms with Crippen molar-refractivity contribution in [2.75, 3.05) is 25.1 Å². The SMILES string of the molecule is COC1OC1c1ccc2nc(-c3ccc(F)cc3)c(N3CC=C(c4ccccn4)CC3)nc2c1. The number of rotatable bonds is 5. The Morgan fingerprint density at radius 3 is 2.62 bits per heavy atom. The van der Waals surface area contributed by atoms with E-state index in [1.54, 1.807) is 19.2 Å². The third kappa shape index (κ3) is 3.93. The summed E-state index contributed by atoms with van der Waals surface area (Å²) in [5.41, 5.74) is 6.41. The van der Waals surface area contributed by atoms with Gasteiger partial charge >= 0.3 is 0 Å². The number of ether oxygens (including phenoxy) is 2. The zero-order valence-corrected chi connectivity index (χ0v) is 18.7. The van der Waals surface area contributed by atoms with Gasteiger partial charge in [-0.3, -0.25) is 4.98 Å². The minimum absolute atomic E-state index is 0.0738. The fourth-order valence-electron chi connectivity index (χ4n) is 4.42. The standard InChI is InChI=1S/C27H23FN4O2/c1-33-27-25(34-27)19-7-10-22-23(16-19)31-26(24(30-22)18-5-8-20(28)9-6-18)32-14-11-17(12-15-32)21-4-2-3-13-29-21/h2-11,13,16,25,27H,12,14-15H2,1H3. The molecule has 6 nitrogen and oxygen atoms in total. The Balaban J connectivity index is 1.40. The Bertz CT molecular complexity index is 1380. The molecule has 2 unspecified atom stereocenters. The average Bonchev–Trinajstić information content (AvgIpc) is 3.69. The fraction of sp³-hybridized carbons (Fsp3) is 0.222. The maximum absolute atomic E-state index is 13.6. The first-order valence-electron chi connectivity index (χ1n) is 11.3. The summed E-state index contributed by atoms with van der Waals surface area (Å²) in [6.45, 7) is 1.48. The van der Waals surface area contributed by atoms with Crippen molar-refractivity contribution in [2.24, 2.45) is 0 Å². The molecule has 2 aromatic carbocycles. The lowest BCUT2D eigenvalue weighted by molar-refractivity contribution is 0.0950. The van der Waals surface area contributed by atoms with Crippen LogP contribution in [0.5, 0.6) is 0 Å². The lowest BCUT2D eigenvalue weighted by Gasteiger charge is -2.29. The Labute approximate surface area is 196 Å². The van der Waals surface area contributed by atoms with Gasteiger partial charge in [0.05, 0.1) is 16.7 Å². The Morgan fingerprint density at radius 1 is 1.03 bits per heavy atom. The topological polar surface area (TPSA) is 63.7 Å². The molecule has 0 bridgehead atoms. The van der Waals surface area contributed by atoms with Crippen LogP contribution in [0.3, 0.4) is 0 Å². The van der Waals surface area contributed by atoms with E-state index in [0.717, 1.165) is 52.3 Å². The van der Waals surface area contributed by atoms with Crippen molar-refractivity contribution in [3.05, 3.63) is 90.0 Å². The van der Waals surface area contributed by atoms with Crippen LogP contribution in [0.4, 0.5) is 10.2 Å². The third-order valence-corrected chi connectivity index (χ3v) is 6.30. The zero-order chi connectivity index (χ0) is 23.1. The van der Waals surface area contributed by atoms with E-state index in [0.29, 0.717) is 6.54 Å². The summed E-state index contributed by atoms with van der Waals surface area (Å²) in [6, 6.07) is 18.4. The number of nitrogens with zero attached hydrogens (tertiary/aromatic N) is 4. The van der Waals surface area contributed by atoms with E-state index in [2.05, 4.69) is 16.0 Å². The highest BCUT2D eigenvalue weighted by molar-refractivity contribution is 5.84. The predicted octanol–water partition coefficient (Wildman–Crippen LogP) is 5.17. The second-order valence-corrected chi connectivity index (χ2v) is 8.45. The van der Waals surface area contributed by atoms with Crippen LogP contribution in [0.2, 0.25) is 0 Å². The van der Waals surface area contributed by atoms with Crippen LogP contribution in [0.15, 0.2) is 72.9 Å². The number of epoxide rings is 1. The molecule has 2 atom stereocenters. The summed E-state index contributed by atoms with van der Waals surface area (Å²) in [7, 11) is 1.64. The van der Waals surface area contributed by atoms with Crippen molar-refractivity contribution in [2.45, 2.75) is 18.8 Å². The second-order valence-electron chi connectivity index (χ2n) is 8.45. The van der Waals surface area contributed by atoms with Crippen LogP contribution in [0, 0.1) is 5.82 Å². The highest BCUT2D eigenvalue weighted by Gasteiger charge is 2.40. The van der Waals surface area contributed by atoms with Crippen LogP contribution >= 0.6 is 0 Å². The van der Waals surface area contributed by atoms with Gasteiger partial charge in [-0.15, -0.1) is 0 Å². The number of hydrogen-bond acceptors (Lipinski definition) is 6. The van der Waals surface area contributed by atoms with Gasteiger partial charge in [0.2, 0.25) is 0 Å². The first-order valence-corrected chi connectivity index (χ1v) is 11.3. The number of benzene rings is 2. The van der Waals surface area contributed by atoms with E-state index < -0.39 is 0 Å². The van der Waals surface area contributed by atoms with Gasteiger partial charge in [0.1, 0.15) is 17.6 Å². The van der Waals surface area contributed by atoms with Gasteiger partial charge in [-0.2, -0.15) is 0 Å². The van der Waals surface area contributed by atoms with Gasteiger partial charge in [-0.1, -0.05) is 18.2 Å². The molecule has 1 saturated heterocycles. The Morgan fingerprint density at radius 2 is 1.91 bits per heavy atom. The molecule has 0 N–H and O–H groups in total. The van der Waals surface area contributed by atoms with Crippen LogP contribution in [0.25, 0.3) is 27.9 Å². The van der Waals surface area contributed by atoms with Crippen molar-refractivity contribution in [3.63, 3.8) is 0 Å². The smallest absolute Gasteiger partial charge is 0.188 e. The molecule has 6 rings (SSSR count). The molecule has 4 heterocycles. The van der Waals surface area contributed by atoms with E-state index in [-0.39, 0.29) is 18.2 Å². The van der Waals surface area contributed by atoms with Crippen LogP contribution in [-0.4, -0.2) is 41.4 Å². The first kappa shape index (κ1) is 20.9. The highest BCUT2D eigenvalue weighted by atomic mass is 19.1.